The van der Waals surface area contributed by atoms with Gasteiger partial charge >= 0.3 is 17.5 Å². The van der Waals surface area contributed by atoms with E-state index in [1.54, 1.807) is 6.20 Å². The summed E-state index contributed by atoms with van der Waals surface area (Å²) in [5.74, 6) is -2.03. The number of fused-ring (bicyclic) bond motifs is 1. The number of pyridine rings is 1. The molecule has 0 aliphatic carbocycles. The van der Waals surface area contributed by atoms with Gasteiger partial charge in [-0.2, -0.15) is 0 Å². The maximum atomic E-state index is 12.6. The Bertz CT molecular complexity index is 860. The highest BCUT2D eigenvalue weighted by molar-refractivity contribution is 14.1. The number of methoxy groups -OCH3 is 1. The lowest BCUT2D eigenvalue weighted by atomic mass is 10.3. The molecule has 2 aromatic heterocycles. The van der Waals surface area contributed by atoms with Crippen molar-refractivity contribution in [3.05, 3.63) is 31.9 Å². The standard InChI is InChI=1S/C14H14IN3O5/c1-7(19)23-11-10(14(21)22-4)16-12-9(15)5-8(17(2)3)6-18(12)13(11)20/h5-6H,1-4H3. The highest BCUT2D eigenvalue weighted by atomic mass is 127. The van der Waals surface area contributed by atoms with Crippen molar-refractivity contribution in [2.75, 3.05) is 26.1 Å². The first-order valence-corrected chi connectivity index (χ1v) is 7.54. The fraction of sp³-hybridized carbons (Fsp3) is 0.286. The highest BCUT2D eigenvalue weighted by Gasteiger charge is 2.24. The van der Waals surface area contributed by atoms with Crippen molar-refractivity contribution in [1.29, 1.82) is 0 Å². The van der Waals surface area contributed by atoms with Gasteiger partial charge in [-0.05, 0) is 28.7 Å². The van der Waals surface area contributed by atoms with E-state index in [1.165, 1.54) is 4.40 Å². The predicted octanol–water partition coefficient (Wildman–Crippen LogP) is 1.08. The molecule has 23 heavy (non-hydrogen) atoms. The summed E-state index contributed by atoms with van der Waals surface area (Å²) in [5.41, 5.74) is 0.0401. The molecule has 0 aliphatic heterocycles. The number of anilines is 1. The van der Waals surface area contributed by atoms with Gasteiger partial charge in [0.15, 0.2) is 11.3 Å². The molecular weight excluding hydrogens is 417 g/mol. The molecule has 0 bridgehead atoms. The van der Waals surface area contributed by atoms with Crippen molar-refractivity contribution in [2.45, 2.75) is 6.92 Å². The topological polar surface area (TPSA) is 90.2 Å². The average Bonchev–Trinajstić information content (AvgIpc) is 2.48. The van der Waals surface area contributed by atoms with E-state index in [-0.39, 0.29) is 11.3 Å². The van der Waals surface area contributed by atoms with Crippen molar-refractivity contribution in [2.24, 2.45) is 0 Å². The summed E-state index contributed by atoms with van der Waals surface area (Å²) in [4.78, 5) is 41.7. The number of rotatable bonds is 3. The zero-order chi connectivity index (χ0) is 17.3. The number of carbonyl (C=O) groups is 2. The van der Waals surface area contributed by atoms with Crippen LogP contribution in [0.5, 0.6) is 5.75 Å². The van der Waals surface area contributed by atoms with E-state index in [0.29, 0.717) is 3.57 Å². The average molecular weight is 431 g/mol. The number of ether oxygens (including phenoxy) is 2. The molecule has 122 valence electrons. The minimum absolute atomic E-state index is 0.275. The highest BCUT2D eigenvalue weighted by Crippen LogP contribution is 2.22. The molecule has 2 heterocycles. The third kappa shape index (κ3) is 3.28. The second kappa shape index (κ2) is 6.52. The van der Waals surface area contributed by atoms with Gasteiger partial charge in [0.05, 0.1) is 16.4 Å². The molecule has 2 aromatic rings. The number of hydrogen-bond acceptors (Lipinski definition) is 7. The first-order valence-electron chi connectivity index (χ1n) is 6.46. The van der Waals surface area contributed by atoms with Gasteiger partial charge < -0.3 is 14.4 Å². The predicted molar refractivity (Wildman–Crippen MR) is 91.2 cm³/mol. The Balaban J connectivity index is 2.89. The minimum atomic E-state index is -0.853. The smallest absolute Gasteiger partial charge is 0.360 e. The monoisotopic (exact) mass is 431 g/mol. The quantitative estimate of drug-likeness (QED) is 0.531. The van der Waals surface area contributed by atoms with Gasteiger partial charge in [-0.3, -0.25) is 14.0 Å². The van der Waals surface area contributed by atoms with Crippen LogP contribution in [-0.2, 0) is 9.53 Å². The van der Waals surface area contributed by atoms with E-state index in [0.717, 1.165) is 19.7 Å². The molecule has 2 rings (SSSR count). The summed E-state index contributed by atoms with van der Waals surface area (Å²) in [6, 6.07) is 1.81. The van der Waals surface area contributed by atoms with Gasteiger partial charge in [-0.25, -0.2) is 9.78 Å². The van der Waals surface area contributed by atoms with Crippen LogP contribution in [0, 0.1) is 3.57 Å². The Morgan fingerprint density at radius 1 is 1.35 bits per heavy atom. The number of halogens is 1. The summed E-state index contributed by atoms with van der Waals surface area (Å²) in [5, 5.41) is 0. The molecule has 0 saturated carbocycles. The van der Waals surface area contributed by atoms with Crippen LogP contribution in [0.25, 0.3) is 5.65 Å². The number of esters is 2. The van der Waals surface area contributed by atoms with Crippen LogP contribution in [0.2, 0.25) is 0 Å². The van der Waals surface area contributed by atoms with Crippen molar-refractivity contribution in [1.82, 2.24) is 9.38 Å². The summed E-state index contributed by atoms with van der Waals surface area (Å²) < 4.78 is 11.4. The second-order valence-corrected chi connectivity index (χ2v) is 5.98. The molecule has 0 N–H and O–H groups in total. The Kier molecular flexibility index (Phi) is 4.88. The van der Waals surface area contributed by atoms with Crippen molar-refractivity contribution >= 4 is 45.9 Å². The van der Waals surface area contributed by atoms with Crippen molar-refractivity contribution in [3.8, 4) is 5.75 Å². The number of carbonyl (C=O) groups excluding carboxylic acids is 2. The van der Waals surface area contributed by atoms with Gasteiger partial charge in [-0.1, -0.05) is 0 Å². The summed E-state index contributed by atoms with van der Waals surface area (Å²) in [6.07, 6.45) is 1.56. The molecule has 9 heteroatoms. The fourth-order valence-electron chi connectivity index (χ4n) is 1.88. The van der Waals surface area contributed by atoms with E-state index in [9.17, 15) is 14.4 Å². The summed E-state index contributed by atoms with van der Waals surface area (Å²) in [6.45, 7) is 1.13. The van der Waals surface area contributed by atoms with E-state index >= 15 is 0 Å². The van der Waals surface area contributed by atoms with Crippen LogP contribution in [0.4, 0.5) is 5.69 Å². The molecule has 0 atom stereocenters. The maximum Gasteiger partial charge on any atom is 0.360 e. The van der Waals surface area contributed by atoms with Crippen LogP contribution in [-0.4, -0.2) is 42.5 Å². The third-order valence-electron chi connectivity index (χ3n) is 2.96. The van der Waals surface area contributed by atoms with Gasteiger partial charge in [0.2, 0.25) is 5.75 Å². The van der Waals surface area contributed by atoms with E-state index in [1.807, 2.05) is 47.7 Å². The molecule has 0 aromatic carbocycles. The lowest BCUT2D eigenvalue weighted by Crippen LogP contribution is -2.25. The third-order valence-corrected chi connectivity index (χ3v) is 3.76. The van der Waals surface area contributed by atoms with Crippen LogP contribution in [0.1, 0.15) is 17.4 Å². The maximum absolute atomic E-state index is 12.6. The van der Waals surface area contributed by atoms with Crippen LogP contribution in [0.15, 0.2) is 17.1 Å². The largest absolute Gasteiger partial charge is 0.464 e. The van der Waals surface area contributed by atoms with Gasteiger partial charge in [0.25, 0.3) is 0 Å². The van der Waals surface area contributed by atoms with Crippen molar-refractivity contribution < 1.29 is 19.1 Å². The fourth-order valence-corrected chi connectivity index (χ4v) is 2.58. The number of aromatic nitrogens is 2. The van der Waals surface area contributed by atoms with Gasteiger partial charge in [0, 0.05) is 27.2 Å². The Labute approximate surface area is 145 Å². The van der Waals surface area contributed by atoms with Crippen LogP contribution >= 0.6 is 22.6 Å². The molecule has 0 unspecified atom stereocenters. The van der Waals surface area contributed by atoms with Crippen molar-refractivity contribution in [3.63, 3.8) is 0 Å². The lowest BCUT2D eigenvalue weighted by Gasteiger charge is -2.15. The first kappa shape index (κ1) is 17.2. The van der Waals surface area contributed by atoms with Crippen LogP contribution in [0.3, 0.4) is 0 Å². The molecule has 0 saturated heterocycles. The van der Waals surface area contributed by atoms with Gasteiger partial charge in [0.1, 0.15) is 0 Å². The Morgan fingerprint density at radius 3 is 2.52 bits per heavy atom. The number of nitrogens with zero attached hydrogens (tertiary/aromatic N) is 3. The molecule has 8 nitrogen and oxygen atoms in total. The molecule has 0 spiro atoms. The Hall–Kier alpha value is -2.17. The Morgan fingerprint density at radius 2 is 2.00 bits per heavy atom. The normalized spacial score (nSPS) is 10.5. The molecule has 0 radical (unpaired) electrons. The summed E-state index contributed by atoms with van der Waals surface area (Å²) >= 11 is 2.01. The van der Waals surface area contributed by atoms with Crippen LogP contribution < -0.4 is 15.2 Å². The lowest BCUT2D eigenvalue weighted by molar-refractivity contribution is -0.132. The molecule has 0 fully saturated rings. The minimum Gasteiger partial charge on any atom is -0.464 e. The summed E-state index contributed by atoms with van der Waals surface area (Å²) in [7, 11) is 4.81. The van der Waals surface area contributed by atoms with Gasteiger partial charge in [-0.15, -0.1) is 0 Å². The molecule has 0 aliphatic rings. The SMILES string of the molecule is COC(=O)c1nc2c(I)cc(N(C)C)cn2c(=O)c1OC(C)=O. The zero-order valence-electron chi connectivity index (χ0n) is 12.9. The van der Waals surface area contributed by atoms with E-state index in [4.69, 9.17) is 4.74 Å². The molecule has 0 amide bonds. The van der Waals surface area contributed by atoms with E-state index < -0.39 is 23.2 Å². The zero-order valence-corrected chi connectivity index (χ0v) is 15.1. The van der Waals surface area contributed by atoms with E-state index in [2.05, 4.69) is 9.72 Å². The number of hydrogen-bond donors (Lipinski definition) is 0. The second-order valence-electron chi connectivity index (χ2n) is 4.81. The molecular formula is C14H14IN3O5. The first-order chi connectivity index (χ1) is 10.8.